The second kappa shape index (κ2) is 7.52. The van der Waals surface area contributed by atoms with Crippen molar-refractivity contribution in [3.8, 4) is 28.6 Å². The van der Waals surface area contributed by atoms with Gasteiger partial charge in [-0.25, -0.2) is 0 Å². The molecule has 0 aliphatic heterocycles. The first-order valence-corrected chi connectivity index (χ1v) is 8.62. The van der Waals surface area contributed by atoms with Crippen molar-refractivity contribution in [2.24, 2.45) is 0 Å². The molecular weight excluding hydrogens is 332 g/mol. The van der Waals surface area contributed by atoms with Gasteiger partial charge in [0.2, 0.25) is 11.2 Å². The van der Waals surface area contributed by atoms with Crippen molar-refractivity contribution in [1.29, 1.82) is 0 Å². The van der Waals surface area contributed by atoms with Crippen molar-refractivity contribution in [2.45, 2.75) is 26.7 Å². The Morgan fingerprint density at radius 1 is 1.15 bits per heavy atom. The summed E-state index contributed by atoms with van der Waals surface area (Å²) in [6, 6.07) is 10.7. The Morgan fingerprint density at radius 3 is 2.54 bits per heavy atom. The molecule has 1 N–H and O–H groups in total. The van der Waals surface area contributed by atoms with Gasteiger partial charge < -0.3 is 19.0 Å². The Labute approximate surface area is 151 Å². The summed E-state index contributed by atoms with van der Waals surface area (Å²) in [5.41, 5.74) is 1.67. The molecule has 0 fully saturated rings. The Hall–Kier alpha value is -2.95. The second-order valence-corrected chi connectivity index (χ2v) is 6.18. The molecular formula is C21H22O5. The summed E-state index contributed by atoms with van der Waals surface area (Å²) in [5, 5.41) is 10.4. The van der Waals surface area contributed by atoms with Crippen LogP contribution in [-0.4, -0.2) is 18.8 Å². The van der Waals surface area contributed by atoms with Crippen LogP contribution in [0, 0.1) is 6.92 Å². The quantitative estimate of drug-likeness (QED) is 0.652. The Balaban J connectivity index is 2.18. The van der Waals surface area contributed by atoms with Crippen molar-refractivity contribution in [3.63, 3.8) is 0 Å². The molecule has 26 heavy (non-hydrogen) atoms. The van der Waals surface area contributed by atoms with Gasteiger partial charge in [-0.1, -0.05) is 43.2 Å². The number of phenolic OH excluding ortho intramolecular Hbond substituents is 1. The normalized spacial score (nSPS) is 10.9. The van der Waals surface area contributed by atoms with E-state index in [1.807, 2.05) is 31.2 Å². The molecule has 3 rings (SSSR count). The number of benzene rings is 2. The zero-order valence-corrected chi connectivity index (χ0v) is 15.2. The predicted molar refractivity (Wildman–Crippen MR) is 101 cm³/mol. The average molecular weight is 354 g/mol. The van der Waals surface area contributed by atoms with E-state index in [0.29, 0.717) is 18.1 Å². The first-order valence-electron chi connectivity index (χ1n) is 8.62. The molecule has 5 heteroatoms. The zero-order valence-electron chi connectivity index (χ0n) is 15.2. The zero-order chi connectivity index (χ0) is 18.7. The number of aromatic hydroxyl groups is 1. The molecule has 0 radical (unpaired) electrons. The first kappa shape index (κ1) is 17.9. The molecule has 0 saturated carbocycles. The largest absolute Gasteiger partial charge is 0.507 e. The van der Waals surface area contributed by atoms with Crippen molar-refractivity contribution in [3.05, 3.63) is 52.2 Å². The van der Waals surface area contributed by atoms with Crippen LogP contribution in [0.4, 0.5) is 0 Å². The fourth-order valence-corrected chi connectivity index (χ4v) is 2.76. The van der Waals surface area contributed by atoms with Gasteiger partial charge in [0.15, 0.2) is 5.76 Å². The van der Waals surface area contributed by atoms with Crippen molar-refractivity contribution in [1.82, 2.24) is 0 Å². The molecule has 136 valence electrons. The van der Waals surface area contributed by atoms with Gasteiger partial charge in [-0.15, -0.1) is 0 Å². The fourth-order valence-electron chi connectivity index (χ4n) is 2.76. The monoisotopic (exact) mass is 354 g/mol. The number of aryl methyl sites for hydroxylation is 1. The number of hydrogen-bond acceptors (Lipinski definition) is 5. The summed E-state index contributed by atoms with van der Waals surface area (Å²) in [5.74, 6) is 0.676. The average Bonchev–Trinajstić information content (AvgIpc) is 2.62. The summed E-state index contributed by atoms with van der Waals surface area (Å²) in [6.45, 7) is 4.59. The van der Waals surface area contributed by atoms with Gasteiger partial charge in [0.25, 0.3) is 0 Å². The lowest BCUT2D eigenvalue weighted by Gasteiger charge is -2.12. The van der Waals surface area contributed by atoms with E-state index >= 15 is 0 Å². The highest BCUT2D eigenvalue weighted by Crippen LogP contribution is 2.35. The maximum Gasteiger partial charge on any atom is 0.239 e. The highest BCUT2D eigenvalue weighted by atomic mass is 16.5. The number of unbranched alkanes of at least 4 members (excludes halogenated alkanes) is 1. The van der Waals surface area contributed by atoms with E-state index in [1.165, 1.54) is 13.2 Å². The van der Waals surface area contributed by atoms with E-state index < -0.39 is 5.43 Å². The molecule has 0 spiro atoms. The summed E-state index contributed by atoms with van der Waals surface area (Å²) in [4.78, 5) is 12.8. The number of rotatable bonds is 6. The smallest absolute Gasteiger partial charge is 0.239 e. The standard InChI is InChI=1S/C21H22O5/c1-4-5-10-25-15-11-16(22)18-17(12-15)26-20(21(24-3)19(18)23)14-8-6-13(2)7-9-14/h6-9,11-12,22H,4-5,10H2,1-3H3. The van der Waals surface area contributed by atoms with Gasteiger partial charge >= 0.3 is 0 Å². The number of ether oxygens (including phenoxy) is 2. The summed E-state index contributed by atoms with van der Waals surface area (Å²) >= 11 is 0. The lowest BCUT2D eigenvalue weighted by molar-refractivity contribution is 0.307. The molecule has 0 atom stereocenters. The predicted octanol–water partition coefficient (Wildman–Crippen LogP) is 4.66. The number of fused-ring (bicyclic) bond motifs is 1. The van der Waals surface area contributed by atoms with Gasteiger partial charge in [-0.05, 0) is 13.3 Å². The number of methoxy groups -OCH3 is 1. The highest BCUT2D eigenvalue weighted by molar-refractivity contribution is 5.88. The van der Waals surface area contributed by atoms with Crippen LogP contribution in [0.3, 0.4) is 0 Å². The number of hydrogen-bond donors (Lipinski definition) is 1. The third-order valence-corrected chi connectivity index (χ3v) is 4.19. The minimum absolute atomic E-state index is 0.0660. The summed E-state index contributed by atoms with van der Waals surface area (Å²) in [6.07, 6.45) is 1.91. The van der Waals surface area contributed by atoms with Crippen LogP contribution in [-0.2, 0) is 0 Å². The van der Waals surface area contributed by atoms with E-state index in [2.05, 4.69) is 6.92 Å². The molecule has 2 aromatic carbocycles. The van der Waals surface area contributed by atoms with Crippen LogP contribution in [0.25, 0.3) is 22.3 Å². The minimum Gasteiger partial charge on any atom is -0.507 e. The molecule has 0 amide bonds. The van der Waals surface area contributed by atoms with E-state index in [-0.39, 0.29) is 22.5 Å². The molecule has 1 aromatic heterocycles. The van der Waals surface area contributed by atoms with Crippen LogP contribution in [0.5, 0.6) is 17.2 Å². The van der Waals surface area contributed by atoms with Crippen LogP contribution >= 0.6 is 0 Å². The van der Waals surface area contributed by atoms with Crippen molar-refractivity contribution < 1.29 is 19.0 Å². The highest BCUT2D eigenvalue weighted by Gasteiger charge is 2.20. The first-order chi connectivity index (χ1) is 12.5. The molecule has 0 aliphatic rings. The maximum absolute atomic E-state index is 12.8. The maximum atomic E-state index is 12.8. The fraction of sp³-hybridized carbons (Fsp3) is 0.286. The second-order valence-electron chi connectivity index (χ2n) is 6.18. The molecule has 0 bridgehead atoms. The molecule has 5 nitrogen and oxygen atoms in total. The molecule has 3 aromatic rings. The summed E-state index contributed by atoms with van der Waals surface area (Å²) < 4.78 is 16.9. The van der Waals surface area contributed by atoms with E-state index in [1.54, 1.807) is 6.07 Å². The van der Waals surface area contributed by atoms with Crippen LogP contribution < -0.4 is 14.9 Å². The minimum atomic E-state index is -0.415. The van der Waals surface area contributed by atoms with Crippen molar-refractivity contribution >= 4 is 11.0 Å². The number of phenols is 1. The Kier molecular flexibility index (Phi) is 5.16. The van der Waals surface area contributed by atoms with Gasteiger partial charge in [-0.3, -0.25) is 4.79 Å². The molecule has 0 saturated heterocycles. The van der Waals surface area contributed by atoms with Crippen LogP contribution in [0.2, 0.25) is 0 Å². The lowest BCUT2D eigenvalue weighted by Crippen LogP contribution is -2.08. The van der Waals surface area contributed by atoms with Crippen LogP contribution in [0.1, 0.15) is 25.3 Å². The molecule has 0 unspecified atom stereocenters. The molecule has 0 aliphatic carbocycles. The lowest BCUT2D eigenvalue weighted by atomic mass is 10.1. The van der Waals surface area contributed by atoms with E-state index in [0.717, 1.165) is 24.0 Å². The van der Waals surface area contributed by atoms with Crippen LogP contribution in [0.15, 0.2) is 45.6 Å². The van der Waals surface area contributed by atoms with Crippen molar-refractivity contribution in [2.75, 3.05) is 13.7 Å². The van der Waals surface area contributed by atoms with E-state index in [9.17, 15) is 9.90 Å². The van der Waals surface area contributed by atoms with Gasteiger partial charge in [0.1, 0.15) is 22.5 Å². The summed E-state index contributed by atoms with van der Waals surface area (Å²) in [7, 11) is 1.41. The Bertz CT molecular complexity index is 970. The third-order valence-electron chi connectivity index (χ3n) is 4.19. The van der Waals surface area contributed by atoms with Gasteiger partial charge in [0.05, 0.1) is 13.7 Å². The van der Waals surface area contributed by atoms with Gasteiger partial charge in [0, 0.05) is 17.7 Å². The Morgan fingerprint density at radius 2 is 1.88 bits per heavy atom. The van der Waals surface area contributed by atoms with Gasteiger partial charge in [-0.2, -0.15) is 0 Å². The van der Waals surface area contributed by atoms with E-state index in [4.69, 9.17) is 13.9 Å². The SMILES string of the molecule is CCCCOc1cc(O)c2c(=O)c(OC)c(-c3ccc(C)cc3)oc2c1. The molecule has 1 heterocycles. The third kappa shape index (κ3) is 3.38. The topological polar surface area (TPSA) is 68.9 Å².